The first-order valence-electron chi connectivity index (χ1n) is 8.00. The number of anilines is 1. The molecule has 5 nitrogen and oxygen atoms in total. The average molecular weight is 392 g/mol. The molecular formula is C19H16ClF2N3O2. The molecule has 0 aliphatic heterocycles. The van der Waals surface area contributed by atoms with Gasteiger partial charge < -0.3 is 14.8 Å². The van der Waals surface area contributed by atoms with Gasteiger partial charge in [-0.15, -0.1) is 0 Å². The van der Waals surface area contributed by atoms with E-state index in [2.05, 4.69) is 15.3 Å². The van der Waals surface area contributed by atoms with Crippen LogP contribution in [-0.2, 0) is 17.9 Å². The summed E-state index contributed by atoms with van der Waals surface area (Å²) in [7, 11) is 1.58. The molecule has 27 heavy (non-hydrogen) atoms. The monoisotopic (exact) mass is 391 g/mol. The first-order chi connectivity index (χ1) is 13.0. The van der Waals surface area contributed by atoms with E-state index in [-0.39, 0.29) is 11.6 Å². The number of ether oxygens (including phenoxy) is 2. The molecule has 0 radical (unpaired) electrons. The minimum atomic E-state index is -0.541. The molecule has 0 aliphatic carbocycles. The van der Waals surface area contributed by atoms with Crippen LogP contribution in [0.4, 0.5) is 14.6 Å². The Morgan fingerprint density at radius 3 is 2.70 bits per heavy atom. The number of halogens is 3. The van der Waals surface area contributed by atoms with E-state index in [1.165, 1.54) is 42.7 Å². The summed E-state index contributed by atoms with van der Waals surface area (Å²) in [4.78, 5) is 8.21. The standard InChI is InChI=1S/C19H16ClF2N3O2/c1-26-10-14-7-19(25-11-24-14)23-9-12-6-13(21)2-5-18(12)27-15-3-4-17(22)16(20)8-15/h2-8,11H,9-10H2,1H3,(H,23,24,25). The van der Waals surface area contributed by atoms with E-state index in [1.807, 2.05) is 0 Å². The smallest absolute Gasteiger partial charge is 0.142 e. The molecule has 3 aromatic rings. The van der Waals surface area contributed by atoms with Crippen LogP contribution in [0.25, 0.3) is 0 Å². The van der Waals surface area contributed by atoms with Crippen LogP contribution in [0.15, 0.2) is 48.8 Å². The zero-order valence-electron chi connectivity index (χ0n) is 14.4. The summed E-state index contributed by atoms with van der Waals surface area (Å²) in [5.74, 6) is 0.383. The molecule has 0 amide bonds. The zero-order chi connectivity index (χ0) is 19.2. The maximum Gasteiger partial charge on any atom is 0.142 e. The molecule has 0 atom stereocenters. The molecule has 0 aliphatic rings. The van der Waals surface area contributed by atoms with Crippen LogP contribution >= 0.6 is 11.6 Å². The molecule has 0 saturated heterocycles. The highest BCUT2D eigenvalue weighted by molar-refractivity contribution is 6.30. The number of hydrogen-bond donors (Lipinski definition) is 1. The minimum absolute atomic E-state index is 0.0547. The molecule has 1 N–H and O–H groups in total. The Bertz CT molecular complexity index is 941. The van der Waals surface area contributed by atoms with Gasteiger partial charge in [0.1, 0.15) is 35.3 Å². The number of aromatic nitrogens is 2. The van der Waals surface area contributed by atoms with Crippen molar-refractivity contribution in [3.8, 4) is 11.5 Å². The fourth-order valence-corrected chi connectivity index (χ4v) is 2.53. The first kappa shape index (κ1) is 19.0. The second-order valence-electron chi connectivity index (χ2n) is 5.61. The number of hydrogen-bond acceptors (Lipinski definition) is 5. The Hall–Kier alpha value is -2.77. The summed E-state index contributed by atoms with van der Waals surface area (Å²) in [5, 5.41) is 3.04. The highest BCUT2D eigenvalue weighted by atomic mass is 35.5. The Morgan fingerprint density at radius 1 is 1.07 bits per heavy atom. The fraction of sp³-hybridized carbons (Fsp3) is 0.158. The lowest BCUT2D eigenvalue weighted by Crippen LogP contribution is -2.05. The molecule has 3 rings (SSSR count). The van der Waals surface area contributed by atoms with Gasteiger partial charge in [0.2, 0.25) is 0 Å². The van der Waals surface area contributed by atoms with E-state index >= 15 is 0 Å². The second-order valence-corrected chi connectivity index (χ2v) is 6.02. The molecular weight excluding hydrogens is 376 g/mol. The van der Waals surface area contributed by atoms with Gasteiger partial charge in [0.05, 0.1) is 17.3 Å². The van der Waals surface area contributed by atoms with Gasteiger partial charge >= 0.3 is 0 Å². The maximum atomic E-state index is 13.7. The van der Waals surface area contributed by atoms with Crippen molar-refractivity contribution in [1.82, 2.24) is 9.97 Å². The third kappa shape index (κ3) is 5.12. The topological polar surface area (TPSA) is 56.3 Å². The van der Waals surface area contributed by atoms with Gasteiger partial charge in [-0.05, 0) is 30.3 Å². The summed E-state index contributed by atoms with van der Waals surface area (Å²) < 4.78 is 37.8. The summed E-state index contributed by atoms with van der Waals surface area (Å²) in [6, 6.07) is 9.89. The van der Waals surface area contributed by atoms with Crippen LogP contribution in [-0.4, -0.2) is 17.1 Å². The molecule has 0 unspecified atom stereocenters. The summed E-state index contributed by atoms with van der Waals surface area (Å²) in [6.45, 7) is 0.613. The molecule has 0 bridgehead atoms. The summed E-state index contributed by atoms with van der Waals surface area (Å²) >= 11 is 5.78. The van der Waals surface area contributed by atoms with Crippen LogP contribution in [0.5, 0.6) is 11.5 Å². The van der Waals surface area contributed by atoms with Crippen molar-refractivity contribution in [2.24, 2.45) is 0 Å². The normalized spacial score (nSPS) is 10.7. The Kier molecular flexibility index (Phi) is 6.16. The largest absolute Gasteiger partial charge is 0.457 e. The van der Waals surface area contributed by atoms with Gasteiger partial charge in [0.15, 0.2) is 0 Å². The van der Waals surface area contributed by atoms with Gasteiger partial charge in [-0.1, -0.05) is 11.6 Å². The van der Waals surface area contributed by atoms with Crippen molar-refractivity contribution < 1.29 is 18.3 Å². The maximum absolute atomic E-state index is 13.7. The van der Waals surface area contributed by atoms with Crippen LogP contribution < -0.4 is 10.1 Å². The second kappa shape index (κ2) is 8.75. The summed E-state index contributed by atoms with van der Waals surface area (Å²) in [6.07, 6.45) is 1.42. The number of rotatable bonds is 7. The van der Waals surface area contributed by atoms with Crippen molar-refractivity contribution in [3.63, 3.8) is 0 Å². The lowest BCUT2D eigenvalue weighted by atomic mass is 10.2. The number of nitrogens with zero attached hydrogens (tertiary/aromatic N) is 2. The van der Waals surface area contributed by atoms with Crippen molar-refractivity contribution in [1.29, 1.82) is 0 Å². The molecule has 8 heteroatoms. The van der Waals surface area contributed by atoms with Gasteiger partial charge in [0, 0.05) is 31.4 Å². The van der Waals surface area contributed by atoms with Crippen molar-refractivity contribution in [2.75, 3.05) is 12.4 Å². The Labute approximate surface area is 159 Å². The molecule has 0 spiro atoms. The lowest BCUT2D eigenvalue weighted by Gasteiger charge is -2.13. The average Bonchev–Trinajstić information content (AvgIpc) is 2.65. The highest BCUT2D eigenvalue weighted by Gasteiger charge is 2.09. The van der Waals surface area contributed by atoms with E-state index in [0.29, 0.717) is 35.2 Å². The first-order valence-corrected chi connectivity index (χ1v) is 8.38. The third-order valence-electron chi connectivity index (χ3n) is 3.62. The van der Waals surface area contributed by atoms with Crippen LogP contribution in [0.2, 0.25) is 5.02 Å². The number of nitrogens with one attached hydrogen (secondary N) is 1. The van der Waals surface area contributed by atoms with Gasteiger partial charge in [-0.3, -0.25) is 0 Å². The van der Waals surface area contributed by atoms with E-state index in [1.54, 1.807) is 13.2 Å². The predicted octanol–water partition coefficient (Wildman–Crippen LogP) is 4.96. The number of methoxy groups -OCH3 is 1. The molecule has 1 heterocycles. The third-order valence-corrected chi connectivity index (χ3v) is 3.91. The van der Waals surface area contributed by atoms with Gasteiger partial charge in [0.25, 0.3) is 0 Å². The summed E-state index contributed by atoms with van der Waals surface area (Å²) in [5.41, 5.74) is 1.27. The van der Waals surface area contributed by atoms with Gasteiger partial charge in [-0.25, -0.2) is 18.7 Å². The minimum Gasteiger partial charge on any atom is -0.457 e. The Morgan fingerprint density at radius 2 is 1.93 bits per heavy atom. The SMILES string of the molecule is COCc1cc(NCc2cc(F)ccc2Oc2ccc(F)c(Cl)c2)ncn1. The molecule has 140 valence electrons. The Balaban J connectivity index is 1.77. The van der Waals surface area contributed by atoms with E-state index in [0.717, 1.165) is 0 Å². The fourth-order valence-electron chi connectivity index (χ4n) is 2.36. The van der Waals surface area contributed by atoms with E-state index in [9.17, 15) is 8.78 Å². The van der Waals surface area contributed by atoms with E-state index < -0.39 is 11.6 Å². The molecule has 2 aromatic carbocycles. The highest BCUT2D eigenvalue weighted by Crippen LogP contribution is 2.29. The number of benzene rings is 2. The van der Waals surface area contributed by atoms with Crippen LogP contribution in [0.1, 0.15) is 11.3 Å². The molecule has 0 saturated carbocycles. The lowest BCUT2D eigenvalue weighted by molar-refractivity contribution is 0.181. The van der Waals surface area contributed by atoms with Crippen molar-refractivity contribution >= 4 is 17.4 Å². The van der Waals surface area contributed by atoms with Gasteiger partial charge in [-0.2, -0.15) is 0 Å². The van der Waals surface area contributed by atoms with Crippen LogP contribution in [0, 0.1) is 11.6 Å². The zero-order valence-corrected chi connectivity index (χ0v) is 15.1. The molecule has 1 aromatic heterocycles. The van der Waals surface area contributed by atoms with E-state index in [4.69, 9.17) is 21.1 Å². The quantitative estimate of drug-likeness (QED) is 0.617. The van der Waals surface area contributed by atoms with Crippen LogP contribution in [0.3, 0.4) is 0 Å². The predicted molar refractivity (Wildman–Crippen MR) is 98.0 cm³/mol. The molecule has 0 fully saturated rings. The van der Waals surface area contributed by atoms with Crippen molar-refractivity contribution in [2.45, 2.75) is 13.2 Å². The van der Waals surface area contributed by atoms with Crippen molar-refractivity contribution in [3.05, 3.63) is 76.7 Å².